The van der Waals surface area contributed by atoms with Crippen LogP contribution in [0, 0.1) is 12.3 Å². The van der Waals surface area contributed by atoms with E-state index >= 15 is 0 Å². The molecule has 1 fully saturated rings. The van der Waals surface area contributed by atoms with Gasteiger partial charge in [-0.15, -0.1) is 10.9 Å². The average molecular weight is 187 g/mol. The maximum absolute atomic E-state index is 11.1. The summed E-state index contributed by atoms with van der Waals surface area (Å²) in [5, 5.41) is 0. The second kappa shape index (κ2) is 4.20. The molecule has 12 heavy (non-hydrogen) atoms. The number of ether oxygens (including phenoxy) is 1. The van der Waals surface area contributed by atoms with Crippen LogP contribution in [0.15, 0.2) is 0 Å². The Balaban J connectivity index is 2.42. The fraction of sp³-hybridized carbons (Fsp3) is 0.571. The lowest BCUT2D eigenvalue weighted by Crippen LogP contribution is -2.10. The molecule has 1 aliphatic rings. The van der Waals surface area contributed by atoms with E-state index in [1.165, 1.54) is 0 Å². The molecule has 0 aromatic rings. The van der Waals surface area contributed by atoms with Crippen LogP contribution in [0.5, 0.6) is 0 Å². The van der Waals surface area contributed by atoms with E-state index in [0.717, 1.165) is 0 Å². The van der Waals surface area contributed by atoms with Crippen LogP contribution >= 0.6 is 8.03 Å². The minimum Gasteiger partial charge on any atom is -0.462 e. The highest BCUT2D eigenvalue weighted by atomic mass is 31.1. The van der Waals surface area contributed by atoms with Gasteiger partial charge in [-0.05, 0) is 4.57 Å². The van der Waals surface area contributed by atoms with Gasteiger partial charge in [0.1, 0.15) is 0 Å². The SMILES string of the molecule is C#CCO[P+](=O)C1CCOC1=O. The summed E-state index contributed by atoms with van der Waals surface area (Å²) in [6.07, 6.45) is 5.35. The van der Waals surface area contributed by atoms with E-state index in [-0.39, 0.29) is 6.61 Å². The average Bonchev–Trinajstić information content (AvgIpc) is 2.47. The normalized spacial score (nSPS) is 23.1. The number of cyclic esters (lactones) is 1. The zero-order valence-corrected chi connectivity index (χ0v) is 7.25. The molecule has 2 unspecified atom stereocenters. The molecule has 1 aliphatic heterocycles. The highest BCUT2D eigenvalue weighted by Gasteiger charge is 2.44. The number of esters is 1. The van der Waals surface area contributed by atoms with Crippen LogP contribution in [-0.2, 0) is 18.6 Å². The molecule has 0 bridgehead atoms. The van der Waals surface area contributed by atoms with Crippen LogP contribution in [0.3, 0.4) is 0 Å². The van der Waals surface area contributed by atoms with Gasteiger partial charge in [0.25, 0.3) is 5.66 Å². The van der Waals surface area contributed by atoms with Crippen molar-refractivity contribution in [1.82, 2.24) is 0 Å². The number of rotatable bonds is 3. The summed E-state index contributed by atoms with van der Waals surface area (Å²) in [7, 11) is -1.99. The zero-order valence-electron chi connectivity index (χ0n) is 6.36. The van der Waals surface area contributed by atoms with Crippen LogP contribution in [-0.4, -0.2) is 24.8 Å². The van der Waals surface area contributed by atoms with Crippen molar-refractivity contribution in [2.24, 2.45) is 0 Å². The molecule has 1 heterocycles. The molecule has 0 aliphatic carbocycles. The molecule has 0 saturated carbocycles. The maximum atomic E-state index is 11.1. The zero-order chi connectivity index (χ0) is 8.97. The molecule has 0 aromatic carbocycles. The summed E-state index contributed by atoms with van der Waals surface area (Å²) >= 11 is 0. The lowest BCUT2D eigenvalue weighted by atomic mass is 10.4. The largest absolute Gasteiger partial charge is 0.524 e. The van der Waals surface area contributed by atoms with Gasteiger partial charge < -0.3 is 4.74 Å². The Bertz CT molecular complexity index is 242. The molecule has 64 valence electrons. The molecule has 1 rings (SSSR count). The summed E-state index contributed by atoms with van der Waals surface area (Å²) in [5.41, 5.74) is -0.617. The van der Waals surface area contributed by atoms with Crippen LogP contribution in [0.4, 0.5) is 0 Å². The first-order chi connectivity index (χ1) is 5.75. The van der Waals surface area contributed by atoms with Crippen molar-refractivity contribution in [1.29, 1.82) is 0 Å². The summed E-state index contributed by atoms with van der Waals surface area (Å²) in [5.74, 6) is 1.73. The van der Waals surface area contributed by atoms with Gasteiger partial charge in [-0.25, -0.2) is 4.79 Å². The van der Waals surface area contributed by atoms with Crippen molar-refractivity contribution in [3.8, 4) is 12.3 Å². The molecule has 0 radical (unpaired) electrons. The van der Waals surface area contributed by atoms with Crippen LogP contribution in [0.1, 0.15) is 6.42 Å². The van der Waals surface area contributed by atoms with E-state index in [2.05, 4.69) is 10.7 Å². The second-order valence-corrected chi connectivity index (χ2v) is 3.69. The Morgan fingerprint density at radius 2 is 2.58 bits per heavy atom. The Labute approximate surface area is 71.1 Å². The van der Waals surface area contributed by atoms with E-state index in [0.29, 0.717) is 13.0 Å². The molecule has 2 atom stereocenters. The summed E-state index contributed by atoms with van der Waals surface area (Å²) in [6.45, 7) is 0.295. The molecule has 0 spiro atoms. The monoisotopic (exact) mass is 187 g/mol. The van der Waals surface area contributed by atoms with Crippen LogP contribution < -0.4 is 0 Å². The first-order valence-electron chi connectivity index (χ1n) is 3.45. The van der Waals surface area contributed by atoms with Gasteiger partial charge >= 0.3 is 14.0 Å². The lowest BCUT2D eigenvalue weighted by Gasteiger charge is -1.88. The molecule has 4 nitrogen and oxygen atoms in total. The molecule has 0 N–H and O–H groups in total. The van der Waals surface area contributed by atoms with Gasteiger partial charge in [-0.2, -0.15) is 0 Å². The predicted molar refractivity (Wildman–Crippen MR) is 41.8 cm³/mol. The predicted octanol–water partition coefficient (Wildman–Crippen LogP) is 0.694. The highest BCUT2D eigenvalue weighted by Crippen LogP contribution is 2.35. The first-order valence-corrected chi connectivity index (χ1v) is 4.69. The molecule has 1 saturated heterocycles. The third kappa shape index (κ3) is 2.04. The Morgan fingerprint density at radius 3 is 3.08 bits per heavy atom. The fourth-order valence-electron chi connectivity index (χ4n) is 0.868. The van der Waals surface area contributed by atoms with E-state index in [9.17, 15) is 9.36 Å². The number of hydrogen-bond acceptors (Lipinski definition) is 4. The van der Waals surface area contributed by atoms with Crippen molar-refractivity contribution >= 4 is 14.0 Å². The van der Waals surface area contributed by atoms with Crippen molar-refractivity contribution < 1.29 is 18.6 Å². The van der Waals surface area contributed by atoms with Crippen molar-refractivity contribution in [3.05, 3.63) is 0 Å². The second-order valence-electron chi connectivity index (χ2n) is 2.23. The Morgan fingerprint density at radius 1 is 1.83 bits per heavy atom. The van der Waals surface area contributed by atoms with Crippen LogP contribution in [0.25, 0.3) is 0 Å². The van der Waals surface area contributed by atoms with Crippen LogP contribution in [0.2, 0.25) is 0 Å². The minimum atomic E-state index is -1.99. The van der Waals surface area contributed by atoms with Gasteiger partial charge in [0, 0.05) is 6.42 Å². The maximum Gasteiger partial charge on any atom is 0.524 e. The topological polar surface area (TPSA) is 52.6 Å². The lowest BCUT2D eigenvalue weighted by molar-refractivity contribution is -0.137. The number of hydrogen-bond donors (Lipinski definition) is 0. The highest BCUT2D eigenvalue weighted by molar-refractivity contribution is 7.41. The third-order valence-electron chi connectivity index (χ3n) is 1.44. The summed E-state index contributed by atoms with van der Waals surface area (Å²) < 4.78 is 20.5. The number of carbonyl (C=O) groups excluding carboxylic acids is 1. The summed E-state index contributed by atoms with van der Waals surface area (Å²) in [6, 6.07) is 0. The molecule has 5 heteroatoms. The third-order valence-corrected chi connectivity index (χ3v) is 2.80. The van der Waals surface area contributed by atoms with Gasteiger partial charge in [0.05, 0.1) is 6.61 Å². The van der Waals surface area contributed by atoms with Gasteiger partial charge in [0.15, 0.2) is 6.61 Å². The molecular formula is C7H8O4P+. The van der Waals surface area contributed by atoms with E-state index in [1.807, 2.05) is 0 Å². The fourth-order valence-corrected chi connectivity index (χ4v) is 1.81. The number of terminal acetylenes is 1. The number of carbonyl (C=O) groups is 1. The standard InChI is InChI=1S/C7H8O4P/c1-2-4-11-12(9)6-3-5-10-7(6)8/h1,6H,3-5H2/q+1. The van der Waals surface area contributed by atoms with Crippen molar-refractivity contribution in [2.75, 3.05) is 13.2 Å². The van der Waals surface area contributed by atoms with Gasteiger partial charge in [-0.3, -0.25) is 0 Å². The van der Waals surface area contributed by atoms with Crippen molar-refractivity contribution in [3.63, 3.8) is 0 Å². The molecule has 0 aromatic heterocycles. The Hall–Kier alpha value is -0.910. The smallest absolute Gasteiger partial charge is 0.462 e. The van der Waals surface area contributed by atoms with E-state index in [1.54, 1.807) is 0 Å². The van der Waals surface area contributed by atoms with E-state index < -0.39 is 19.7 Å². The van der Waals surface area contributed by atoms with Gasteiger partial charge in [-0.1, -0.05) is 5.92 Å². The molecular weight excluding hydrogens is 179 g/mol. The van der Waals surface area contributed by atoms with Crippen molar-refractivity contribution in [2.45, 2.75) is 12.1 Å². The molecule has 0 amide bonds. The first kappa shape index (κ1) is 9.18. The summed E-state index contributed by atoms with van der Waals surface area (Å²) in [4.78, 5) is 10.8. The minimum absolute atomic E-state index is 0.0288. The Kier molecular flexibility index (Phi) is 3.21. The van der Waals surface area contributed by atoms with Gasteiger partial charge in [0.2, 0.25) is 0 Å². The quantitative estimate of drug-likeness (QED) is 0.370. The van der Waals surface area contributed by atoms with E-state index in [4.69, 9.17) is 10.9 Å².